The van der Waals surface area contributed by atoms with Crippen molar-refractivity contribution in [1.29, 1.82) is 0 Å². The first-order chi connectivity index (χ1) is 25.8. The summed E-state index contributed by atoms with van der Waals surface area (Å²) in [5.41, 5.74) is 5.33. The number of phosphoric ester groups is 1. The number of carbonyl (C=O) groups excluding carboxylic acids is 2. The number of unbranched alkanes of at least 4 members (excludes halogenated alkanes) is 12. The molecule has 0 aromatic rings. The molecule has 0 aliphatic carbocycles. The molecule has 0 amide bonds. The molecular formula is C43H74NO8P. The SMILES string of the molecule is CCCCC/C=C/C/C=C/C/C=C/C/C=C/CCCC(=O)O[C@H](COC(=O)CCCCCCC/C=C/C/C=C/CCCCC)COP(=O)(O)OCCN. The second kappa shape index (κ2) is 39.2. The van der Waals surface area contributed by atoms with E-state index in [1.165, 1.54) is 51.4 Å². The number of carbonyl (C=O) groups is 2. The van der Waals surface area contributed by atoms with Gasteiger partial charge in [0, 0.05) is 19.4 Å². The van der Waals surface area contributed by atoms with Gasteiger partial charge in [-0.3, -0.25) is 18.6 Å². The van der Waals surface area contributed by atoms with E-state index in [-0.39, 0.29) is 32.6 Å². The van der Waals surface area contributed by atoms with Crippen LogP contribution in [-0.4, -0.2) is 49.3 Å². The van der Waals surface area contributed by atoms with Crippen LogP contribution in [0.1, 0.15) is 155 Å². The molecule has 0 spiro atoms. The van der Waals surface area contributed by atoms with Crippen LogP contribution in [0.5, 0.6) is 0 Å². The van der Waals surface area contributed by atoms with Gasteiger partial charge >= 0.3 is 19.8 Å². The van der Waals surface area contributed by atoms with Crippen molar-refractivity contribution in [2.45, 2.75) is 161 Å². The molecule has 53 heavy (non-hydrogen) atoms. The minimum atomic E-state index is -4.40. The van der Waals surface area contributed by atoms with Crippen molar-refractivity contribution in [3.05, 3.63) is 72.9 Å². The summed E-state index contributed by atoms with van der Waals surface area (Å²) in [4.78, 5) is 34.8. The lowest BCUT2D eigenvalue weighted by Gasteiger charge is -2.19. The lowest BCUT2D eigenvalue weighted by Crippen LogP contribution is -2.29. The number of phosphoric acid groups is 1. The van der Waals surface area contributed by atoms with Gasteiger partial charge in [0.15, 0.2) is 6.10 Å². The number of nitrogens with two attached hydrogens (primary N) is 1. The summed E-state index contributed by atoms with van der Waals surface area (Å²) in [5, 5.41) is 0. The standard InChI is InChI=1S/C43H74NO8P/c1-3-5-7-9-11-13-15-17-19-20-22-24-26-28-30-32-34-36-43(46)52-41(40-51-53(47,48)50-38-37-44)39-49-42(45)35-33-31-29-27-25-23-21-18-16-14-12-10-8-6-4-2/h11-14,17-19,21-22,24,28,30,41H,3-10,15-16,20,23,25-27,29,31-40,44H2,1-2H3,(H,47,48)/b13-11+,14-12+,19-17+,21-18+,24-22+,30-28+/t41-/m1/s1. The summed E-state index contributed by atoms with van der Waals surface area (Å²) in [7, 11) is -4.40. The molecule has 2 atom stereocenters. The number of rotatable bonds is 37. The van der Waals surface area contributed by atoms with Gasteiger partial charge in [-0.25, -0.2) is 4.57 Å². The van der Waals surface area contributed by atoms with E-state index in [1.54, 1.807) is 0 Å². The Morgan fingerprint density at radius 1 is 0.566 bits per heavy atom. The van der Waals surface area contributed by atoms with Gasteiger partial charge in [-0.15, -0.1) is 0 Å². The van der Waals surface area contributed by atoms with Gasteiger partial charge in [0.1, 0.15) is 6.61 Å². The van der Waals surface area contributed by atoms with Crippen LogP contribution in [0, 0.1) is 0 Å². The average molecular weight is 764 g/mol. The Bertz CT molecular complexity index is 1100. The largest absolute Gasteiger partial charge is 0.472 e. The Labute approximate surface area is 322 Å². The van der Waals surface area contributed by atoms with Crippen molar-refractivity contribution in [3.63, 3.8) is 0 Å². The smallest absolute Gasteiger partial charge is 0.462 e. The Morgan fingerprint density at radius 2 is 1.00 bits per heavy atom. The zero-order valence-corrected chi connectivity index (χ0v) is 34.1. The van der Waals surface area contributed by atoms with Crippen LogP contribution in [0.4, 0.5) is 0 Å². The lowest BCUT2D eigenvalue weighted by molar-refractivity contribution is -0.161. The third-order valence-electron chi connectivity index (χ3n) is 8.06. The predicted octanol–water partition coefficient (Wildman–Crippen LogP) is 11.5. The molecule has 0 rings (SSSR count). The van der Waals surface area contributed by atoms with E-state index in [0.29, 0.717) is 19.3 Å². The maximum atomic E-state index is 12.5. The average Bonchev–Trinajstić information content (AvgIpc) is 3.14. The number of hydrogen-bond acceptors (Lipinski definition) is 8. The highest BCUT2D eigenvalue weighted by Gasteiger charge is 2.25. The highest BCUT2D eigenvalue weighted by atomic mass is 31.2. The lowest BCUT2D eigenvalue weighted by atomic mass is 10.1. The highest BCUT2D eigenvalue weighted by molar-refractivity contribution is 7.47. The number of ether oxygens (including phenoxy) is 2. The van der Waals surface area contributed by atoms with Crippen molar-refractivity contribution >= 4 is 19.8 Å². The second-order valence-corrected chi connectivity index (χ2v) is 14.6. The monoisotopic (exact) mass is 764 g/mol. The molecule has 304 valence electrons. The Hall–Kier alpha value is -2.55. The van der Waals surface area contributed by atoms with E-state index in [2.05, 4.69) is 80.7 Å². The van der Waals surface area contributed by atoms with Gasteiger partial charge in [0.05, 0.1) is 13.2 Å². The zero-order chi connectivity index (χ0) is 38.9. The molecule has 0 saturated heterocycles. The summed E-state index contributed by atoms with van der Waals surface area (Å²) in [6, 6.07) is 0. The molecule has 0 aliphatic heterocycles. The van der Waals surface area contributed by atoms with Crippen LogP contribution in [-0.2, 0) is 32.7 Å². The van der Waals surface area contributed by atoms with Gasteiger partial charge in [-0.05, 0) is 83.5 Å². The van der Waals surface area contributed by atoms with Crippen LogP contribution in [0.25, 0.3) is 0 Å². The zero-order valence-electron chi connectivity index (χ0n) is 33.2. The maximum absolute atomic E-state index is 12.5. The third kappa shape index (κ3) is 39.0. The Morgan fingerprint density at radius 3 is 1.51 bits per heavy atom. The summed E-state index contributed by atoms with van der Waals surface area (Å²) in [6.45, 7) is 3.57. The molecule has 10 heteroatoms. The van der Waals surface area contributed by atoms with Gasteiger partial charge in [-0.2, -0.15) is 0 Å². The van der Waals surface area contributed by atoms with E-state index in [4.69, 9.17) is 24.3 Å². The number of esters is 2. The van der Waals surface area contributed by atoms with E-state index in [1.807, 2.05) is 6.08 Å². The molecule has 9 nitrogen and oxygen atoms in total. The fourth-order valence-corrected chi connectivity index (χ4v) is 5.77. The Balaban J connectivity index is 4.34. The van der Waals surface area contributed by atoms with Gasteiger partial charge < -0.3 is 20.1 Å². The first-order valence-electron chi connectivity index (χ1n) is 20.4. The quantitative estimate of drug-likeness (QED) is 0.0274. The molecule has 0 aliphatic rings. The van der Waals surface area contributed by atoms with E-state index >= 15 is 0 Å². The molecule has 0 heterocycles. The number of allylic oxidation sites excluding steroid dienone is 12. The van der Waals surface area contributed by atoms with Gasteiger partial charge in [0.2, 0.25) is 0 Å². The highest BCUT2D eigenvalue weighted by Crippen LogP contribution is 2.43. The fourth-order valence-electron chi connectivity index (χ4n) is 5.01. The molecule has 0 fully saturated rings. The fraction of sp³-hybridized carbons (Fsp3) is 0.674. The third-order valence-corrected chi connectivity index (χ3v) is 9.05. The molecule has 1 unspecified atom stereocenters. The molecule has 0 bridgehead atoms. The molecular weight excluding hydrogens is 689 g/mol. The van der Waals surface area contributed by atoms with Crippen molar-refractivity contribution in [1.82, 2.24) is 0 Å². The summed E-state index contributed by atoms with van der Waals surface area (Å²) in [5.74, 6) is -0.918. The molecule has 0 radical (unpaired) electrons. The van der Waals surface area contributed by atoms with E-state index in [0.717, 1.165) is 57.8 Å². The molecule has 0 aromatic heterocycles. The van der Waals surface area contributed by atoms with Crippen LogP contribution in [0.15, 0.2) is 72.9 Å². The summed E-state index contributed by atoms with van der Waals surface area (Å²) in [6.07, 6.45) is 46.5. The molecule has 0 saturated carbocycles. The normalized spacial score (nSPS) is 14.1. The van der Waals surface area contributed by atoms with E-state index in [9.17, 15) is 19.0 Å². The first-order valence-corrected chi connectivity index (χ1v) is 21.9. The summed E-state index contributed by atoms with van der Waals surface area (Å²) < 4.78 is 32.6. The Kier molecular flexibility index (Phi) is 37.3. The predicted molar refractivity (Wildman–Crippen MR) is 219 cm³/mol. The van der Waals surface area contributed by atoms with E-state index < -0.39 is 32.5 Å². The first kappa shape index (κ1) is 50.5. The van der Waals surface area contributed by atoms with Crippen LogP contribution < -0.4 is 5.73 Å². The minimum absolute atomic E-state index is 0.0392. The molecule has 0 aromatic carbocycles. The minimum Gasteiger partial charge on any atom is -0.462 e. The summed E-state index contributed by atoms with van der Waals surface area (Å²) >= 11 is 0. The van der Waals surface area contributed by atoms with Crippen molar-refractivity contribution in [3.8, 4) is 0 Å². The molecule has 3 N–H and O–H groups in total. The maximum Gasteiger partial charge on any atom is 0.472 e. The van der Waals surface area contributed by atoms with Crippen LogP contribution >= 0.6 is 7.82 Å². The topological polar surface area (TPSA) is 134 Å². The van der Waals surface area contributed by atoms with Crippen molar-refractivity contribution < 1.29 is 37.6 Å². The van der Waals surface area contributed by atoms with Gasteiger partial charge in [0.25, 0.3) is 0 Å². The number of hydrogen-bond donors (Lipinski definition) is 2. The van der Waals surface area contributed by atoms with Crippen LogP contribution in [0.2, 0.25) is 0 Å². The van der Waals surface area contributed by atoms with Gasteiger partial charge in [-0.1, -0.05) is 132 Å². The van der Waals surface area contributed by atoms with Crippen LogP contribution in [0.3, 0.4) is 0 Å². The second-order valence-electron chi connectivity index (χ2n) is 13.1. The van der Waals surface area contributed by atoms with Crippen molar-refractivity contribution in [2.75, 3.05) is 26.4 Å². The van der Waals surface area contributed by atoms with Crippen molar-refractivity contribution in [2.24, 2.45) is 5.73 Å².